The van der Waals surface area contributed by atoms with Crippen molar-refractivity contribution in [3.05, 3.63) is 33.3 Å². The van der Waals surface area contributed by atoms with Crippen LogP contribution in [-0.4, -0.2) is 37.1 Å². The fourth-order valence-electron chi connectivity index (χ4n) is 2.59. The summed E-state index contributed by atoms with van der Waals surface area (Å²) in [6.45, 7) is 9.29. The topological polar surface area (TPSA) is 43.2 Å². The van der Waals surface area contributed by atoms with Gasteiger partial charge in [0.25, 0.3) is 0 Å². The van der Waals surface area contributed by atoms with Crippen molar-refractivity contribution < 1.29 is 9.47 Å². The Balaban J connectivity index is 2.33. The molecule has 2 atom stereocenters. The summed E-state index contributed by atoms with van der Waals surface area (Å²) in [5.41, 5.74) is 1.07. The van der Waals surface area contributed by atoms with E-state index in [4.69, 9.17) is 31.1 Å². The summed E-state index contributed by atoms with van der Waals surface area (Å²) in [6.07, 6.45) is 0.654. The highest BCUT2D eigenvalue weighted by molar-refractivity contribution is 9.10. The molecule has 24 heavy (non-hydrogen) atoms. The predicted octanol–water partition coefficient (Wildman–Crippen LogP) is 4.92. The molecule has 132 valence electrons. The van der Waals surface area contributed by atoms with Gasteiger partial charge in [-0.25, -0.2) is 9.98 Å². The summed E-state index contributed by atoms with van der Waals surface area (Å²) < 4.78 is 12.5. The second-order valence-corrected chi connectivity index (χ2v) is 7.24. The Bertz CT molecular complexity index is 631. The Kier molecular flexibility index (Phi) is 7.11. The van der Waals surface area contributed by atoms with Gasteiger partial charge >= 0.3 is 0 Å². The minimum Gasteiger partial charge on any atom is -0.480 e. The molecule has 0 N–H and O–H groups in total. The lowest BCUT2D eigenvalue weighted by Crippen LogP contribution is -2.39. The summed E-state index contributed by atoms with van der Waals surface area (Å²) in [4.78, 5) is 9.61. The highest BCUT2D eigenvalue weighted by Crippen LogP contribution is 2.26. The van der Waals surface area contributed by atoms with Gasteiger partial charge in [-0.15, -0.1) is 0 Å². The average molecular weight is 416 g/mol. The Morgan fingerprint density at radius 3 is 2.42 bits per heavy atom. The minimum absolute atomic E-state index is 0.0921. The fourth-order valence-corrected chi connectivity index (χ4v) is 3.19. The van der Waals surface area contributed by atoms with Crippen LogP contribution in [0, 0.1) is 5.92 Å². The van der Waals surface area contributed by atoms with Crippen LogP contribution in [0.1, 0.15) is 33.3 Å². The van der Waals surface area contributed by atoms with E-state index in [1.54, 1.807) is 0 Å². The number of aliphatic imine (C=N–C) groups is 2. The maximum Gasteiger partial charge on any atom is 0.210 e. The maximum absolute atomic E-state index is 6.13. The number of ether oxygens (including phenoxy) is 2. The van der Waals surface area contributed by atoms with Crippen molar-refractivity contribution in [1.82, 2.24) is 0 Å². The molecule has 0 spiro atoms. The van der Waals surface area contributed by atoms with Crippen LogP contribution < -0.4 is 0 Å². The van der Waals surface area contributed by atoms with Crippen molar-refractivity contribution in [3.63, 3.8) is 0 Å². The quantitative estimate of drug-likeness (QED) is 0.685. The van der Waals surface area contributed by atoms with Crippen LogP contribution in [0.4, 0.5) is 0 Å². The maximum atomic E-state index is 6.13. The Morgan fingerprint density at radius 2 is 1.79 bits per heavy atom. The van der Waals surface area contributed by atoms with Crippen molar-refractivity contribution in [2.24, 2.45) is 15.9 Å². The molecule has 0 saturated heterocycles. The van der Waals surface area contributed by atoms with Crippen molar-refractivity contribution in [3.8, 4) is 0 Å². The molecular formula is C18H24BrClN2O2. The molecule has 1 aliphatic rings. The first-order chi connectivity index (χ1) is 11.5. The zero-order valence-corrected chi connectivity index (χ0v) is 16.9. The number of halogens is 2. The fraction of sp³-hybridized carbons (Fsp3) is 0.556. The van der Waals surface area contributed by atoms with E-state index in [1.807, 2.05) is 32.0 Å². The first kappa shape index (κ1) is 19.3. The summed E-state index contributed by atoms with van der Waals surface area (Å²) in [7, 11) is 0. The van der Waals surface area contributed by atoms with E-state index >= 15 is 0 Å². The SMILES string of the molecule is CCOC1=N[C@H](C(C)C)C(OCC)=N[C@H]1Cc1cc(Cl)ccc1Br. The van der Waals surface area contributed by atoms with Gasteiger partial charge in [0.15, 0.2) is 0 Å². The molecule has 0 saturated carbocycles. The number of rotatable bonds is 5. The third-order valence-electron chi connectivity index (χ3n) is 3.72. The third kappa shape index (κ3) is 4.73. The van der Waals surface area contributed by atoms with Crippen LogP contribution in [0.3, 0.4) is 0 Å². The summed E-state index contributed by atoms with van der Waals surface area (Å²) in [5.74, 6) is 1.66. The van der Waals surface area contributed by atoms with E-state index in [2.05, 4.69) is 29.8 Å². The van der Waals surface area contributed by atoms with E-state index in [1.165, 1.54) is 0 Å². The van der Waals surface area contributed by atoms with Gasteiger partial charge in [0.2, 0.25) is 11.8 Å². The van der Waals surface area contributed by atoms with Crippen LogP contribution in [-0.2, 0) is 15.9 Å². The van der Waals surface area contributed by atoms with Crippen molar-refractivity contribution in [2.45, 2.75) is 46.2 Å². The van der Waals surface area contributed by atoms with E-state index in [0.717, 1.165) is 10.0 Å². The molecule has 4 nitrogen and oxygen atoms in total. The highest BCUT2D eigenvalue weighted by atomic mass is 79.9. The first-order valence-electron chi connectivity index (χ1n) is 8.31. The average Bonchev–Trinajstić information content (AvgIpc) is 2.53. The second-order valence-electron chi connectivity index (χ2n) is 5.95. The van der Waals surface area contributed by atoms with E-state index in [9.17, 15) is 0 Å². The van der Waals surface area contributed by atoms with Crippen LogP contribution in [0.25, 0.3) is 0 Å². The molecule has 0 radical (unpaired) electrons. The zero-order valence-electron chi connectivity index (χ0n) is 14.6. The normalized spacial score (nSPS) is 20.6. The number of benzene rings is 1. The molecule has 1 aliphatic heterocycles. The van der Waals surface area contributed by atoms with Gasteiger partial charge in [-0.3, -0.25) is 0 Å². The second kappa shape index (κ2) is 8.86. The molecule has 6 heteroatoms. The largest absolute Gasteiger partial charge is 0.480 e. The van der Waals surface area contributed by atoms with Gasteiger partial charge in [0.05, 0.1) is 13.2 Å². The van der Waals surface area contributed by atoms with Gasteiger partial charge in [-0.05, 0) is 43.5 Å². The molecule has 0 fully saturated rings. The summed E-state index contributed by atoms with van der Waals surface area (Å²) >= 11 is 9.71. The lowest BCUT2D eigenvalue weighted by Gasteiger charge is -2.28. The van der Waals surface area contributed by atoms with Gasteiger partial charge in [-0.2, -0.15) is 0 Å². The molecule has 2 rings (SSSR count). The van der Waals surface area contributed by atoms with Gasteiger partial charge in [0, 0.05) is 15.9 Å². The molecular weight excluding hydrogens is 392 g/mol. The lowest BCUT2D eigenvalue weighted by atomic mass is 10.0. The molecule has 0 bridgehead atoms. The number of hydrogen-bond acceptors (Lipinski definition) is 4. The monoisotopic (exact) mass is 414 g/mol. The van der Waals surface area contributed by atoms with Crippen molar-refractivity contribution >= 4 is 39.3 Å². The van der Waals surface area contributed by atoms with Crippen molar-refractivity contribution in [1.29, 1.82) is 0 Å². The summed E-state index contributed by atoms with van der Waals surface area (Å²) in [5, 5.41) is 0.702. The van der Waals surface area contributed by atoms with E-state index in [-0.39, 0.29) is 12.1 Å². The van der Waals surface area contributed by atoms with Crippen LogP contribution >= 0.6 is 27.5 Å². The smallest absolute Gasteiger partial charge is 0.210 e. The minimum atomic E-state index is -0.198. The van der Waals surface area contributed by atoms with E-state index < -0.39 is 0 Å². The van der Waals surface area contributed by atoms with Crippen molar-refractivity contribution in [2.75, 3.05) is 13.2 Å². The van der Waals surface area contributed by atoms with Gasteiger partial charge in [-0.1, -0.05) is 41.4 Å². The standard InChI is InChI=1S/C18H24BrClN2O2/c1-5-23-17-15(10-12-9-13(20)7-8-14(12)19)21-18(24-6-2)16(22-17)11(3)4/h7-9,11,15-16H,5-6,10H2,1-4H3/t15-,16+/m0/s1. The molecule has 0 aliphatic carbocycles. The first-order valence-corrected chi connectivity index (χ1v) is 9.48. The number of nitrogens with zero attached hydrogens (tertiary/aromatic N) is 2. The van der Waals surface area contributed by atoms with Gasteiger partial charge < -0.3 is 9.47 Å². The molecule has 1 aromatic rings. The Labute approximate surface area is 157 Å². The van der Waals surface area contributed by atoms with Crippen LogP contribution in [0.15, 0.2) is 32.7 Å². The number of hydrogen-bond donors (Lipinski definition) is 0. The Morgan fingerprint density at radius 1 is 1.12 bits per heavy atom. The lowest BCUT2D eigenvalue weighted by molar-refractivity contribution is 0.275. The molecule has 0 aromatic heterocycles. The van der Waals surface area contributed by atoms with Crippen LogP contribution in [0.5, 0.6) is 0 Å². The van der Waals surface area contributed by atoms with Gasteiger partial charge in [0.1, 0.15) is 12.1 Å². The van der Waals surface area contributed by atoms with Crippen LogP contribution in [0.2, 0.25) is 5.02 Å². The molecule has 0 amide bonds. The Hall–Kier alpha value is -1.07. The molecule has 1 heterocycles. The summed E-state index contributed by atoms with van der Waals surface area (Å²) in [6, 6.07) is 5.46. The molecule has 1 aromatic carbocycles. The third-order valence-corrected chi connectivity index (χ3v) is 4.73. The highest BCUT2D eigenvalue weighted by Gasteiger charge is 2.31. The van der Waals surface area contributed by atoms with E-state index in [0.29, 0.717) is 42.4 Å². The zero-order chi connectivity index (χ0) is 17.7. The predicted molar refractivity (Wildman–Crippen MR) is 103 cm³/mol. The molecule has 0 unspecified atom stereocenters.